The van der Waals surface area contributed by atoms with Crippen LogP contribution in [0.4, 0.5) is 17.1 Å². The van der Waals surface area contributed by atoms with Crippen molar-refractivity contribution in [3.8, 4) is 44.5 Å². The Morgan fingerprint density at radius 2 is 0.839 bits per heavy atom. The number of hydrogen-bond donors (Lipinski definition) is 0. The van der Waals surface area contributed by atoms with E-state index in [2.05, 4.69) is 241 Å². The first-order valence-electron chi connectivity index (χ1n) is 21.2. The van der Waals surface area contributed by atoms with Gasteiger partial charge in [0.25, 0.3) is 0 Å². The lowest BCUT2D eigenvalue weighted by Gasteiger charge is -2.30. The molecule has 0 aliphatic carbocycles. The van der Waals surface area contributed by atoms with Crippen LogP contribution >= 0.6 is 11.3 Å². The van der Waals surface area contributed by atoms with Gasteiger partial charge in [0.1, 0.15) is 0 Å². The lowest BCUT2D eigenvalue weighted by atomic mass is 9.87. The van der Waals surface area contributed by atoms with E-state index in [-0.39, 0.29) is 0 Å². The van der Waals surface area contributed by atoms with Crippen LogP contribution in [0, 0.1) is 0 Å². The van der Waals surface area contributed by atoms with E-state index in [0.29, 0.717) is 0 Å². The minimum Gasteiger partial charge on any atom is -0.310 e. The zero-order valence-electron chi connectivity index (χ0n) is 33.9. The van der Waals surface area contributed by atoms with Crippen molar-refractivity contribution in [2.24, 2.45) is 0 Å². The van der Waals surface area contributed by atoms with Gasteiger partial charge in [-0.1, -0.05) is 176 Å². The van der Waals surface area contributed by atoms with E-state index in [1.54, 1.807) is 0 Å². The van der Waals surface area contributed by atoms with Crippen molar-refractivity contribution < 1.29 is 0 Å². The minimum atomic E-state index is 1.09. The predicted octanol–water partition coefficient (Wildman–Crippen LogP) is 17.7. The quantitative estimate of drug-likeness (QED) is 0.145. The molecular weight excluding hydrogens is 767 g/mol. The van der Waals surface area contributed by atoms with Gasteiger partial charge in [-0.25, -0.2) is 0 Å². The van der Waals surface area contributed by atoms with Crippen LogP contribution in [0.5, 0.6) is 0 Å². The SMILES string of the molecule is c1ccc(-c2ccc(N(c3ccc(-c4ccc5ccccc5c4)cc3)c3cccc(-c4cc5ccccc5c5ccccc45)c3-c3ccc4sc5ccccc5c4c3)cc2)cc1. The monoisotopic (exact) mass is 805 g/mol. The second-order valence-electron chi connectivity index (χ2n) is 16.1. The first-order chi connectivity index (χ1) is 30.7. The van der Waals surface area contributed by atoms with Crippen molar-refractivity contribution in [2.45, 2.75) is 0 Å². The number of thiophene rings is 1. The molecule has 1 heterocycles. The number of anilines is 3. The van der Waals surface area contributed by atoms with Crippen LogP contribution in [0.15, 0.2) is 237 Å². The van der Waals surface area contributed by atoms with Gasteiger partial charge in [-0.3, -0.25) is 0 Å². The summed E-state index contributed by atoms with van der Waals surface area (Å²) in [4.78, 5) is 2.46. The van der Waals surface area contributed by atoms with Gasteiger partial charge in [-0.2, -0.15) is 0 Å². The number of hydrogen-bond acceptors (Lipinski definition) is 2. The molecule has 0 fully saturated rings. The fourth-order valence-electron chi connectivity index (χ4n) is 9.45. The second kappa shape index (κ2) is 15.0. The molecule has 2 heteroatoms. The molecule has 0 amide bonds. The summed E-state index contributed by atoms with van der Waals surface area (Å²) in [7, 11) is 0. The maximum atomic E-state index is 2.46. The van der Waals surface area contributed by atoms with Crippen molar-refractivity contribution in [1.29, 1.82) is 0 Å². The van der Waals surface area contributed by atoms with Crippen molar-refractivity contribution in [2.75, 3.05) is 4.90 Å². The number of nitrogens with zero attached hydrogens (tertiary/aromatic N) is 1. The predicted molar refractivity (Wildman–Crippen MR) is 268 cm³/mol. The van der Waals surface area contributed by atoms with Crippen molar-refractivity contribution >= 4 is 80.9 Å². The van der Waals surface area contributed by atoms with E-state index < -0.39 is 0 Å². The van der Waals surface area contributed by atoms with E-state index in [9.17, 15) is 0 Å². The Morgan fingerprint density at radius 1 is 0.274 bits per heavy atom. The molecule has 0 aliphatic heterocycles. The average molecular weight is 806 g/mol. The molecule has 290 valence electrons. The normalized spacial score (nSPS) is 11.5. The van der Waals surface area contributed by atoms with Gasteiger partial charge < -0.3 is 4.90 Å². The molecule has 11 aromatic carbocycles. The summed E-state index contributed by atoms with van der Waals surface area (Å²) in [6.07, 6.45) is 0. The van der Waals surface area contributed by atoms with Gasteiger partial charge in [-0.05, 0) is 132 Å². The number of benzene rings is 11. The Labute approximate surface area is 365 Å². The molecule has 0 aliphatic rings. The lowest BCUT2D eigenvalue weighted by Crippen LogP contribution is -2.12. The van der Waals surface area contributed by atoms with Gasteiger partial charge >= 0.3 is 0 Å². The highest BCUT2D eigenvalue weighted by Crippen LogP contribution is 2.49. The minimum absolute atomic E-state index is 1.09. The Kier molecular flexibility index (Phi) is 8.76. The van der Waals surface area contributed by atoms with E-state index in [1.165, 1.54) is 97.0 Å². The Balaban J connectivity index is 1.12. The maximum absolute atomic E-state index is 2.46. The Bertz CT molecular complexity index is 3620. The summed E-state index contributed by atoms with van der Waals surface area (Å²) in [5.41, 5.74) is 12.9. The molecule has 62 heavy (non-hydrogen) atoms. The highest BCUT2D eigenvalue weighted by Gasteiger charge is 2.23. The zero-order valence-corrected chi connectivity index (χ0v) is 34.7. The molecular formula is C60H39NS. The van der Waals surface area contributed by atoms with E-state index in [4.69, 9.17) is 0 Å². The van der Waals surface area contributed by atoms with E-state index in [1.807, 2.05) is 11.3 Å². The fourth-order valence-corrected chi connectivity index (χ4v) is 10.5. The van der Waals surface area contributed by atoms with Crippen LogP contribution in [0.3, 0.4) is 0 Å². The summed E-state index contributed by atoms with van der Waals surface area (Å²) in [6.45, 7) is 0. The van der Waals surface area contributed by atoms with Crippen molar-refractivity contribution in [3.05, 3.63) is 237 Å². The van der Waals surface area contributed by atoms with Gasteiger partial charge in [0.2, 0.25) is 0 Å². The summed E-state index contributed by atoms with van der Waals surface area (Å²) in [6, 6.07) is 87.0. The number of rotatable bonds is 7. The molecule has 0 spiro atoms. The standard InChI is InChI=1S/C60H39NS/c1-2-13-40(14-3-1)42-27-32-48(33-28-42)61(49-34-29-43(30-35-49)45-26-25-41-15-4-5-16-44(41)37-45)57-23-12-22-54(55-38-46-17-6-7-18-50(46)51-19-8-9-20-52(51)55)60(57)47-31-36-59-56(39-47)53-21-10-11-24-58(53)62-59/h1-39H. The average Bonchev–Trinajstić information content (AvgIpc) is 3.72. The van der Waals surface area contributed by atoms with Crippen LogP contribution in [0.25, 0.3) is 97.0 Å². The zero-order chi connectivity index (χ0) is 41.0. The number of fused-ring (bicyclic) bond motifs is 7. The summed E-state index contributed by atoms with van der Waals surface area (Å²) in [5.74, 6) is 0. The molecule has 1 aromatic heterocycles. The van der Waals surface area contributed by atoms with E-state index in [0.717, 1.165) is 17.1 Å². The molecule has 0 radical (unpaired) electrons. The van der Waals surface area contributed by atoms with Crippen LogP contribution in [-0.2, 0) is 0 Å². The Morgan fingerprint density at radius 3 is 1.61 bits per heavy atom. The molecule has 0 bridgehead atoms. The van der Waals surface area contributed by atoms with Crippen LogP contribution in [0.2, 0.25) is 0 Å². The smallest absolute Gasteiger partial charge is 0.0546 e. The van der Waals surface area contributed by atoms with E-state index >= 15 is 0 Å². The highest BCUT2D eigenvalue weighted by atomic mass is 32.1. The van der Waals surface area contributed by atoms with Crippen LogP contribution in [-0.4, -0.2) is 0 Å². The van der Waals surface area contributed by atoms with Crippen molar-refractivity contribution in [3.63, 3.8) is 0 Å². The second-order valence-corrected chi connectivity index (χ2v) is 17.1. The van der Waals surface area contributed by atoms with Gasteiger partial charge in [0, 0.05) is 37.1 Å². The van der Waals surface area contributed by atoms with Gasteiger partial charge in [0.15, 0.2) is 0 Å². The summed E-state index contributed by atoms with van der Waals surface area (Å²) in [5, 5.41) is 10.1. The molecule has 12 rings (SSSR count). The molecule has 0 unspecified atom stereocenters. The topological polar surface area (TPSA) is 3.24 Å². The molecule has 0 atom stereocenters. The Hall–Kier alpha value is -7.78. The first-order valence-corrected chi connectivity index (χ1v) is 22.1. The summed E-state index contributed by atoms with van der Waals surface area (Å²) >= 11 is 1.86. The molecule has 0 N–H and O–H groups in total. The third-order valence-electron chi connectivity index (χ3n) is 12.4. The third-order valence-corrected chi connectivity index (χ3v) is 13.6. The van der Waals surface area contributed by atoms with Crippen LogP contribution < -0.4 is 4.90 Å². The van der Waals surface area contributed by atoms with Crippen LogP contribution in [0.1, 0.15) is 0 Å². The first kappa shape index (κ1) is 36.1. The summed E-state index contributed by atoms with van der Waals surface area (Å²) < 4.78 is 2.60. The van der Waals surface area contributed by atoms with Crippen molar-refractivity contribution in [1.82, 2.24) is 0 Å². The molecule has 0 saturated carbocycles. The molecule has 1 nitrogen and oxygen atoms in total. The molecule has 12 aromatic rings. The third kappa shape index (κ3) is 6.24. The van der Waals surface area contributed by atoms with Gasteiger partial charge in [-0.15, -0.1) is 11.3 Å². The fraction of sp³-hybridized carbons (Fsp3) is 0. The molecule has 0 saturated heterocycles. The highest BCUT2D eigenvalue weighted by molar-refractivity contribution is 7.25. The largest absolute Gasteiger partial charge is 0.310 e. The maximum Gasteiger partial charge on any atom is 0.0546 e. The lowest BCUT2D eigenvalue weighted by molar-refractivity contribution is 1.28. The van der Waals surface area contributed by atoms with Gasteiger partial charge in [0.05, 0.1) is 5.69 Å².